The number of hydrogen-bond donors (Lipinski definition) is 1. The van der Waals surface area contributed by atoms with Crippen LogP contribution in [0.25, 0.3) is 6.08 Å². The fourth-order valence-corrected chi connectivity index (χ4v) is 5.10. The quantitative estimate of drug-likeness (QED) is 0.343. The van der Waals surface area contributed by atoms with Gasteiger partial charge >= 0.3 is 5.97 Å². The zero-order chi connectivity index (χ0) is 26.5. The number of phenols is 1. The molecule has 1 aliphatic rings. The van der Waals surface area contributed by atoms with Gasteiger partial charge in [0.25, 0.3) is 5.56 Å². The van der Waals surface area contributed by atoms with Crippen molar-refractivity contribution in [3.05, 3.63) is 97.2 Å². The molecule has 8 nitrogen and oxygen atoms in total. The molecule has 192 valence electrons. The van der Waals surface area contributed by atoms with Gasteiger partial charge in [-0.1, -0.05) is 42.2 Å². The minimum Gasteiger partial charge on any atom is -0.504 e. The first-order valence-corrected chi connectivity index (χ1v) is 12.7. The van der Waals surface area contributed by atoms with Gasteiger partial charge in [-0.05, 0) is 62.2 Å². The zero-order valence-electron chi connectivity index (χ0n) is 20.9. The number of carbonyl (C=O) groups excluding carboxylic acids is 1. The number of allylic oxidation sites excluding steroid dienone is 1. The number of carbonyl (C=O) groups is 1. The molecule has 3 aromatic rings. The summed E-state index contributed by atoms with van der Waals surface area (Å²) in [5.41, 5.74) is 1.92. The summed E-state index contributed by atoms with van der Waals surface area (Å²) in [6, 6.07) is 11.4. The lowest BCUT2D eigenvalue weighted by molar-refractivity contribution is -0.139. The van der Waals surface area contributed by atoms with Crippen LogP contribution >= 0.6 is 11.3 Å². The maximum absolute atomic E-state index is 13.7. The maximum atomic E-state index is 13.7. The number of esters is 1. The molecule has 0 saturated carbocycles. The fourth-order valence-electron chi connectivity index (χ4n) is 4.05. The van der Waals surface area contributed by atoms with Gasteiger partial charge in [0.2, 0.25) is 0 Å². The number of ether oxygens (including phenoxy) is 3. The SMILES string of the molecule is C=CCOc1ccc([C@@H]2C(C(=O)OCC)=C(C)N=c3sc(=Cc4ccc(O)c(OCC)c4)c(=O)n32)cc1. The van der Waals surface area contributed by atoms with E-state index >= 15 is 0 Å². The van der Waals surface area contributed by atoms with Gasteiger partial charge < -0.3 is 19.3 Å². The van der Waals surface area contributed by atoms with Gasteiger partial charge in [0.05, 0.1) is 35.1 Å². The van der Waals surface area contributed by atoms with Crippen LogP contribution in [0, 0.1) is 0 Å². The molecule has 0 fully saturated rings. The van der Waals surface area contributed by atoms with E-state index in [1.54, 1.807) is 50.3 Å². The molecule has 1 N–H and O–H groups in total. The van der Waals surface area contributed by atoms with E-state index in [2.05, 4.69) is 11.6 Å². The normalized spacial score (nSPS) is 15.1. The zero-order valence-corrected chi connectivity index (χ0v) is 21.7. The molecule has 0 saturated heterocycles. The summed E-state index contributed by atoms with van der Waals surface area (Å²) in [5.74, 6) is 0.485. The van der Waals surface area contributed by atoms with E-state index in [1.165, 1.54) is 22.0 Å². The van der Waals surface area contributed by atoms with Crippen LogP contribution in [0.3, 0.4) is 0 Å². The standard InChI is InChI=1S/C28H28N2O6S/c1-5-14-36-20-11-9-19(10-12-20)25-24(27(33)35-7-3)17(4)29-28-30(25)26(32)23(37-28)16-18-8-13-21(31)22(15-18)34-6-2/h5,8-13,15-16,25,31H,1,6-7,14H2,2-4H3/t25-/m1/s1. The van der Waals surface area contributed by atoms with Crippen LogP contribution in [0.5, 0.6) is 17.2 Å². The number of phenolic OH excluding ortho intramolecular Hbond substituents is 1. The summed E-state index contributed by atoms with van der Waals surface area (Å²) in [7, 11) is 0. The fraction of sp³-hybridized carbons (Fsp3) is 0.250. The highest BCUT2D eigenvalue weighted by Gasteiger charge is 2.33. The molecule has 0 aliphatic carbocycles. The molecule has 0 spiro atoms. The van der Waals surface area contributed by atoms with Crippen LogP contribution in [0.15, 0.2) is 76.2 Å². The van der Waals surface area contributed by atoms with Crippen LogP contribution in [0.2, 0.25) is 0 Å². The van der Waals surface area contributed by atoms with Gasteiger partial charge in [-0.25, -0.2) is 9.79 Å². The second-order valence-electron chi connectivity index (χ2n) is 8.13. The van der Waals surface area contributed by atoms with E-state index in [4.69, 9.17) is 14.2 Å². The van der Waals surface area contributed by atoms with Crippen LogP contribution in [0.4, 0.5) is 0 Å². The lowest BCUT2D eigenvalue weighted by atomic mass is 9.96. The number of aromatic nitrogens is 1. The van der Waals surface area contributed by atoms with Crippen molar-refractivity contribution in [2.45, 2.75) is 26.8 Å². The second-order valence-corrected chi connectivity index (χ2v) is 9.14. The number of aromatic hydroxyl groups is 1. The predicted octanol–water partition coefficient (Wildman–Crippen LogP) is 3.47. The number of hydrogen-bond acceptors (Lipinski definition) is 8. The van der Waals surface area contributed by atoms with Crippen molar-refractivity contribution in [2.24, 2.45) is 4.99 Å². The summed E-state index contributed by atoms with van der Waals surface area (Å²) >= 11 is 1.23. The van der Waals surface area contributed by atoms with E-state index in [-0.39, 0.29) is 17.9 Å². The Morgan fingerprint density at radius 1 is 1.16 bits per heavy atom. The minimum absolute atomic E-state index is 0.0238. The molecule has 2 heterocycles. The topological polar surface area (TPSA) is 99.4 Å². The van der Waals surface area contributed by atoms with E-state index in [9.17, 15) is 14.7 Å². The number of fused-ring (bicyclic) bond motifs is 1. The Hall–Kier alpha value is -4.11. The smallest absolute Gasteiger partial charge is 0.338 e. The average molecular weight is 521 g/mol. The Labute approximate surface area is 218 Å². The van der Waals surface area contributed by atoms with E-state index < -0.39 is 12.0 Å². The Bertz CT molecular complexity index is 1530. The molecule has 37 heavy (non-hydrogen) atoms. The highest BCUT2D eigenvalue weighted by Crippen LogP contribution is 2.32. The molecule has 1 atom stereocenters. The number of rotatable bonds is 9. The van der Waals surface area contributed by atoms with Crippen molar-refractivity contribution in [2.75, 3.05) is 19.8 Å². The molecule has 0 bridgehead atoms. The van der Waals surface area contributed by atoms with Gasteiger partial charge in [0.1, 0.15) is 12.4 Å². The third-order valence-corrected chi connectivity index (χ3v) is 6.65. The van der Waals surface area contributed by atoms with Crippen molar-refractivity contribution >= 4 is 23.4 Å². The van der Waals surface area contributed by atoms with Crippen molar-refractivity contribution in [3.63, 3.8) is 0 Å². The number of nitrogens with zero attached hydrogens (tertiary/aromatic N) is 2. The summed E-state index contributed by atoms with van der Waals surface area (Å²) in [4.78, 5) is 31.8. The molecule has 0 radical (unpaired) electrons. The van der Waals surface area contributed by atoms with Gasteiger partial charge in [-0.2, -0.15) is 0 Å². The summed E-state index contributed by atoms with van der Waals surface area (Å²) in [6.07, 6.45) is 3.38. The van der Waals surface area contributed by atoms with E-state index in [0.29, 0.717) is 50.9 Å². The Kier molecular flexibility index (Phi) is 7.93. The highest BCUT2D eigenvalue weighted by molar-refractivity contribution is 7.07. The summed E-state index contributed by atoms with van der Waals surface area (Å²) in [6.45, 7) is 9.92. The lowest BCUT2D eigenvalue weighted by Crippen LogP contribution is -2.39. The molecule has 4 rings (SSSR count). The average Bonchev–Trinajstić information content (AvgIpc) is 3.18. The molecular weight excluding hydrogens is 492 g/mol. The Balaban J connectivity index is 1.87. The third kappa shape index (κ3) is 5.36. The van der Waals surface area contributed by atoms with E-state index in [1.807, 2.05) is 19.1 Å². The van der Waals surface area contributed by atoms with Gasteiger partial charge in [-0.3, -0.25) is 9.36 Å². The first-order valence-electron chi connectivity index (χ1n) is 11.9. The number of benzene rings is 2. The largest absolute Gasteiger partial charge is 0.504 e. The van der Waals surface area contributed by atoms with E-state index in [0.717, 1.165) is 5.56 Å². The Morgan fingerprint density at radius 3 is 2.59 bits per heavy atom. The molecule has 2 aromatic carbocycles. The van der Waals surface area contributed by atoms with Crippen molar-refractivity contribution in [1.82, 2.24) is 4.57 Å². The molecular formula is C28H28N2O6S. The first-order chi connectivity index (χ1) is 17.9. The molecule has 0 amide bonds. The molecule has 9 heteroatoms. The minimum atomic E-state index is -0.718. The predicted molar refractivity (Wildman–Crippen MR) is 142 cm³/mol. The van der Waals surface area contributed by atoms with Crippen molar-refractivity contribution < 1.29 is 24.1 Å². The highest BCUT2D eigenvalue weighted by atomic mass is 32.1. The van der Waals surface area contributed by atoms with Gasteiger partial charge in [0.15, 0.2) is 16.3 Å². The van der Waals surface area contributed by atoms with Crippen LogP contribution in [-0.2, 0) is 9.53 Å². The van der Waals surface area contributed by atoms with Crippen LogP contribution in [-0.4, -0.2) is 35.5 Å². The van der Waals surface area contributed by atoms with Crippen molar-refractivity contribution in [1.29, 1.82) is 0 Å². The number of thiazole rings is 1. The molecule has 0 unspecified atom stereocenters. The van der Waals surface area contributed by atoms with Crippen molar-refractivity contribution in [3.8, 4) is 17.2 Å². The second kappa shape index (κ2) is 11.3. The van der Waals surface area contributed by atoms with Gasteiger partial charge in [-0.15, -0.1) is 0 Å². The third-order valence-electron chi connectivity index (χ3n) is 5.66. The Morgan fingerprint density at radius 2 is 1.92 bits per heavy atom. The molecule has 1 aromatic heterocycles. The summed E-state index contributed by atoms with van der Waals surface area (Å²) in [5, 5.41) is 10.0. The van der Waals surface area contributed by atoms with Crippen LogP contribution < -0.4 is 24.4 Å². The van der Waals surface area contributed by atoms with Gasteiger partial charge in [0, 0.05) is 0 Å². The maximum Gasteiger partial charge on any atom is 0.338 e. The first kappa shape index (κ1) is 26.0. The molecule has 1 aliphatic heterocycles. The van der Waals surface area contributed by atoms with Crippen LogP contribution in [0.1, 0.15) is 37.9 Å². The monoisotopic (exact) mass is 520 g/mol. The lowest BCUT2D eigenvalue weighted by Gasteiger charge is -2.24. The summed E-state index contributed by atoms with van der Waals surface area (Å²) < 4.78 is 18.4.